The van der Waals surface area contributed by atoms with Gasteiger partial charge in [0.1, 0.15) is 0 Å². The van der Waals surface area contributed by atoms with Gasteiger partial charge < -0.3 is 10.1 Å². The highest BCUT2D eigenvalue weighted by molar-refractivity contribution is 5.94. The quantitative estimate of drug-likeness (QED) is 0.641. The first-order valence-corrected chi connectivity index (χ1v) is 5.96. The van der Waals surface area contributed by atoms with Crippen LogP contribution in [0.25, 0.3) is 0 Å². The minimum Gasteiger partial charge on any atom is -0.469 e. The van der Waals surface area contributed by atoms with Gasteiger partial charge in [0.05, 0.1) is 7.11 Å². The smallest absolute Gasteiger partial charge is 0.305 e. The molecule has 1 aromatic carbocycles. The fraction of sp³-hybridized carbons (Fsp3) is 0.429. The molecule has 0 aromatic heterocycles. The van der Waals surface area contributed by atoms with Gasteiger partial charge in [-0.05, 0) is 32.4 Å². The van der Waals surface area contributed by atoms with Gasteiger partial charge in [-0.3, -0.25) is 9.59 Å². The zero-order valence-corrected chi connectivity index (χ0v) is 11.1. The first-order valence-electron chi connectivity index (χ1n) is 5.96. The second-order valence-electron chi connectivity index (χ2n) is 4.31. The van der Waals surface area contributed by atoms with Crippen molar-refractivity contribution in [2.75, 3.05) is 13.7 Å². The van der Waals surface area contributed by atoms with E-state index in [4.69, 9.17) is 0 Å². The Morgan fingerprint density at radius 2 is 1.78 bits per heavy atom. The maximum Gasteiger partial charge on any atom is 0.305 e. The van der Waals surface area contributed by atoms with E-state index in [1.54, 1.807) is 0 Å². The average molecular weight is 249 g/mol. The standard InChI is InChI=1S/C14H19NO3/c1-10-7-11(2)9-12(8-10)14(17)15-6-4-5-13(16)18-3/h7-9H,4-6H2,1-3H3,(H,15,17). The fourth-order valence-corrected chi connectivity index (χ4v) is 1.74. The molecule has 1 amide bonds. The minimum atomic E-state index is -0.254. The summed E-state index contributed by atoms with van der Waals surface area (Å²) < 4.78 is 4.52. The monoisotopic (exact) mass is 249 g/mol. The highest BCUT2D eigenvalue weighted by Gasteiger charge is 2.06. The topological polar surface area (TPSA) is 55.4 Å². The molecule has 1 aromatic rings. The van der Waals surface area contributed by atoms with E-state index in [1.807, 2.05) is 32.0 Å². The van der Waals surface area contributed by atoms with Crippen LogP contribution in [0, 0.1) is 13.8 Å². The lowest BCUT2D eigenvalue weighted by atomic mass is 10.1. The minimum absolute atomic E-state index is 0.105. The Bertz CT molecular complexity index is 420. The molecule has 0 atom stereocenters. The molecular weight excluding hydrogens is 230 g/mol. The van der Waals surface area contributed by atoms with E-state index in [9.17, 15) is 9.59 Å². The Kier molecular flexibility index (Phi) is 5.36. The summed E-state index contributed by atoms with van der Waals surface area (Å²) in [5.41, 5.74) is 2.79. The molecule has 1 rings (SSSR count). The molecule has 0 bridgehead atoms. The third-order valence-corrected chi connectivity index (χ3v) is 2.55. The molecule has 0 aliphatic heterocycles. The molecule has 0 spiro atoms. The Labute approximate surface area is 107 Å². The molecule has 4 nitrogen and oxygen atoms in total. The van der Waals surface area contributed by atoms with Crippen LogP contribution in [0.4, 0.5) is 0 Å². The highest BCUT2D eigenvalue weighted by Crippen LogP contribution is 2.08. The molecule has 0 fully saturated rings. The summed E-state index contributed by atoms with van der Waals surface area (Å²) in [4.78, 5) is 22.7. The van der Waals surface area contributed by atoms with E-state index >= 15 is 0 Å². The number of benzene rings is 1. The van der Waals surface area contributed by atoms with Gasteiger partial charge in [0.15, 0.2) is 0 Å². The summed E-state index contributed by atoms with van der Waals surface area (Å²) in [7, 11) is 1.36. The number of carbonyl (C=O) groups excluding carboxylic acids is 2. The molecule has 0 saturated carbocycles. The van der Waals surface area contributed by atoms with E-state index in [2.05, 4.69) is 10.1 Å². The van der Waals surface area contributed by atoms with Gasteiger partial charge >= 0.3 is 5.97 Å². The Morgan fingerprint density at radius 3 is 2.33 bits per heavy atom. The van der Waals surface area contributed by atoms with Crippen molar-refractivity contribution in [3.05, 3.63) is 34.9 Å². The van der Waals surface area contributed by atoms with Crippen molar-refractivity contribution in [2.24, 2.45) is 0 Å². The predicted octanol–water partition coefficient (Wildman–Crippen LogP) is 1.99. The predicted molar refractivity (Wildman–Crippen MR) is 69.5 cm³/mol. The van der Waals surface area contributed by atoms with Crippen molar-refractivity contribution in [3.8, 4) is 0 Å². The normalized spacial score (nSPS) is 9.94. The van der Waals surface area contributed by atoms with Crippen LogP contribution in [0.5, 0.6) is 0 Å². The zero-order chi connectivity index (χ0) is 13.5. The number of methoxy groups -OCH3 is 1. The number of esters is 1. The van der Waals surface area contributed by atoms with E-state index < -0.39 is 0 Å². The molecule has 98 valence electrons. The van der Waals surface area contributed by atoms with Gasteiger partial charge in [-0.2, -0.15) is 0 Å². The molecule has 1 N–H and O–H groups in total. The number of aryl methyl sites for hydroxylation is 2. The molecule has 0 radical (unpaired) electrons. The van der Waals surface area contributed by atoms with Crippen molar-refractivity contribution in [1.82, 2.24) is 5.32 Å². The highest BCUT2D eigenvalue weighted by atomic mass is 16.5. The van der Waals surface area contributed by atoms with Crippen LogP contribution < -0.4 is 5.32 Å². The van der Waals surface area contributed by atoms with Crippen LogP contribution in [-0.4, -0.2) is 25.5 Å². The lowest BCUT2D eigenvalue weighted by molar-refractivity contribution is -0.140. The van der Waals surface area contributed by atoms with Gasteiger partial charge in [-0.15, -0.1) is 0 Å². The number of hydrogen-bond acceptors (Lipinski definition) is 3. The number of ether oxygens (including phenoxy) is 1. The molecule has 4 heteroatoms. The van der Waals surface area contributed by atoms with Crippen molar-refractivity contribution >= 4 is 11.9 Å². The van der Waals surface area contributed by atoms with Gasteiger partial charge in [0, 0.05) is 18.5 Å². The van der Waals surface area contributed by atoms with Crippen LogP contribution in [0.1, 0.15) is 34.3 Å². The van der Waals surface area contributed by atoms with E-state index in [0.29, 0.717) is 24.9 Å². The summed E-state index contributed by atoms with van der Waals surface area (Å²) in [6, 6.07) is 5.72. The van der Waals surface area contributed by atoms with E-state index in [0.717, 1.165) is 11.1 Å². The number of nitrogens with one attached hydrogen (secondary N) is 1. The SMILES string of the molecule is COC(=O)CCCNC(=O)c1cc(C)cc(C)c1. The molecule has 0 saturated heterocycles. The largest absolute Gasteiger partial charge is 0.469 e. The molecule has 18 heavy (non-hydrogen) atoms. The van der Waals surface area contributed by atoms with E-state index in [-0.39, 0.29) is 11.9 Å². The molecule has 0 aliphatic rings. The van der Waals surface area contributed by atoms with Crippen molar-refractivity contribution in [1.29, 1.82) is 0 Å². The van der Waals surface area contributed by atoms with Gasteiger partial charge in [-0.1, -0.05) is 17.2 Å². The van der Waals surface area contributed by atoms with Crippen LogP contribution in [0.2, 0.25) is 0 Å². The Morgan fingerprint density at radius 1 is 1.17 bits per heavy atom. The molecule has 0 unspecified atom stereocenters. The number of amides is 1. The molecule has 0 heterocycles. The molecular formula is C14H19NO3. The summed E-state index contributed by atoms with van der Waals surface area (Å²) in [5.74, 6) is -0.359. The van der Waals surface area contributed by atoms with Gasteiger partial charge in [-0.25, -0.2) is 0 Å². The lowest BCUT2D eigenvalue weighted by Crippen LogP contribution is -2.25. The summed E-state index contributed by atoms with van der Waals surface area (Å²) >= 11 is 0. The van der Waals surface area contributed by atoms with Crippen LogP contribution in [0.3, 0.4) is 0 Å². The fourth-order valence-electron chi connectivity index (χ4n) is 1.74. The zero-order valence-electron chi connectivity index (χ0n) is 11.1. The maximum atomic E-state index is 11.8. The lowest BCUT2D eigenvalue weighted by Gasteiger charge is -2.06. The number of hydrogen-bond donors (Lipinski definition) is 1. The number of rotatable bonds is 5. The van der Waals surface area contributed by atoms with Crippen LogP contribution in [-0.2, 0) is 9.53 Å². The third kappa shape index (κ3) is 4.57. The van der Waals surface area contributed by atoms with Crippen molar-refractivity contribution in [3.63, 3.8) is 0 Å². The Hall–Kier alpha value is -1.84. The van der Waals surface area contributed by atoms with Crippen LogP contribution >= 0.6 is 0 Å². The first kappa shape index (κ1) is 14.2. The summed E-state index contributed by atoms with van der Waals surface area (Å²) in [6.45, 7) is 4.39. The summed E-state index contributed by atoms with van der Waals surface area (Å²) in [5, 5.41) is 2.79. The second kappa shape index (κ2) is 6.79. The second-order valence-corrected chi connectivity index (χ2v) is 4.31. The van der Waals surface area contributed by atoms with Gasteiger partial charge in [0.2, 0.25) is 0 Å². The Balaban J connectivity index is 2.43. The average Bonchev–Trinajstić information content (AvgIpc) is 2.32. The van der Waals surface area contributed by atoms with E-state index in [1.165, 1.54) is 7.11 Å². The van der Waals surface area contributed by atoms with Crippen molar-refractivity contribution < 1.29 is 14.3 Å². The first-order chi connectivity index (χ1) is 8.52. The number of carbonyl (C=O) groups is 2. The van der Waals surface area contributed by atoms with Crippen molar-refractivity contribution in [2.45, 2.75) is 26.7 Å². The summed E-state index contributed by atoms with van der Waals surface area (Å²) in [6.07, 6.45) is 0.910. The van der Waals surface area contributed by atoms with Crippen LogP contribution in [0.15, 0.2) is 18.2 Å². The third-order valence-electron chi connectivity index (χ3n) is 2.55. The molecule has 0 aliphatic carbocycles. The van der Waals surface area contributed by atoms with Gasteiger partial charge in [0.25, 0.3) is 5.91 Å². The maximum absolute atomic E-state index is 11.8.